The molecule has 7 nitrogen and oxygen atoms in total. The summed E-state index contributed by atoms with van der Waals surface area (Å²) in [7, 11) is 0. The predicted molar refractivity (Wildman–Crippen MR) is 125 cm³/mol. The van der Waals surface area contributed by atoms with Crippen LogP contribution in [0.2, 0.25) is 5.02 Å². The van der Waals surface area contributed by atoms with Crippen molar-refractivity contribution in [1.82, 2.24) is 14.9 Å². The summed E-state index contributed by atoms with van der Waals surface area (Å²) in [5.41, 5.74) is 3.78. The average molecular weight is 437 g/mol. The van der Waals surface area contributed by atoms with Crippen molar-refractivity contribution in [2.75, 3.05) is 41.7 Å². The van der Waals surface area contributed by atoms with Gasteiger partial charge in [0.05, 0.1) is 0 Å². The maximum atomic E-state index is 12.6. The number of urea groups is 1. The van der Waals surface area contributed by atoms with Crippen molar-refractivity contribution in [2.45, 2.75) is 13.8 Å². The van der Waals surface area contributed by atoms with Gasteiger partial charge in [-0.05, 0) is 50.2 Å². The third kappa shape index (κ3) is 5.44. The molecular weight excluding hydrogens is 412 g/mol. The second-order valence-electron chi connectivity index (χ2n) is 7.59. The van der Waals surface area contributed by atoms with E-state index in [2.05, 4.69) is 27.4 Å². The molecule has 2 amide bonds. The molecule has 1 aliphatic rings. The van der Waals surface area contributed by atoms with Gasteiger partial charge in [-0.1, -0.05) is 29.3 Å². The molecule has 1 saturated heterocycles. The number of halogens is 1. The molecule has 0 atom stereocenters. The number of nitrogens with one attached hydrogen (secondary N) is 2. The van der Waals surface area contributed by atoms with Crippen molar-refractivity contribution in [3.63, 3.8) is 0 Å². The number of piperazine rings is 1. The van der Waals surface area contributed by atoms with Gasteiger partial charge >= 0.3 is 6.03 Å². The zero-order valence-electron chi connectivity index (χ0n) is 17.6. The van der Waals surface area contributed by atoms with E-state index in [0.717, 1.165) is 22.9 Å². The lowest BCUT2D eigenvalue weighted by Crippen LogP contribution is -2.50. The van der Waals surface area contributed by atoms with Crippen LogP contribution >= 0.6 is 11.6 Å². The fraction of sp³-hybridized carbons (Fsp3) is 0.261. The zero-order chi connectivity index (χ0) is 21.8. The number of carbonyl (C=O) groups is 1. The lowest BCUT2D eigenvalue weighted by Gasteiger charge is -2.35. The van der Waals surface area contributed by atoms with Gasteiger partial charge in [0.25, 0.3) is 0 Å². The quantitative estimate of drug-likeness (QED) is 0.611. The Morgan fingerprint density at radius 1 is 0.903 bits per heavy atom. The number of aryl methyl sites for hydroxylation is 2. The van der Waals surface area contributed by atoms with E-state index in [1.807, 2.05) is 42.2 Å². The molecule has 3 aromatic rings. The largest absolute Gasteiger partial charge is 0.353 e. The fourth-order valence-electron chi connectivity index (χ4n) is 3.41. The van der Waals surface area contributed by atoms with E-state index < -0.39 is 0 Å². The molecule has 0 bridgehead atoms. The molecule has 4 rings (SSSR count). The SMILES string of the molecule is Cc1ccc(Nc2nc(C)cc(N3CCN(C(=O)Nc4ccc(Cl)cc4)CC3)n2)cc1. The summed E-state index contributed by atoms with van der Waals surface area (Å²) in [5, 5.41) is 6.84. The van der Waals surface area contributed by atoms with E-state index in [1.165, 1.54) is 5.56 Å². The van der Waals surface area contributed by atoms with Crippen LogP contribution in [0.5, 0.6) is 0 Å². The van der Waals surface area contributed by atoms with Crippen LogP contribution in [0.3, 0.4) is 0 Å². The predicted octanol–water partition coefficient (Wildman–Crippen LogP) is 4.84. The van der Waals surface area contributed by atoms with E-state index in [0.29, 0.717) is 37.1 Å². The van der Waals surface area contributed by atoms with Gasteiger partial charge < -0.3 is 20.4 Å². The minimum absolute atomic E-state index is 0.109. The lowest BCUT2D eigenvalue weighted by molar-refractivity contribution is 0.208. The highest BCUT2D eigenvalue weighted by molar-refractivity contribution is 6.30. The molecule has 1 aromatic heterocycles. The van der Waals surface area contributed by atoms with Crippen molar-refractivity contribution in [1.29, 1.82) is 0 Å². The van der Waals surface area contributed by atoms with Crippen molar-refractivity contribution in [2.24, 2.45) is 0 Å². The summed E-state index contributed by atoms with van der Waals surface area (Å²) >= 11 is 5.90. The van der Waals surface area contributed by atoms with E-state index in [-0.39, 0.29) is 6.03 Å². The number of aromatic nitrogens is 2. The van der Waals surface area contributed by atoms with E-state index >= 15 is 0 Å². The Bertz CT molecular complexity index is 1050. The van der Waals surface area contributed by atoms with Crippen LogP contribution in [0.15, 0.2) is 54.6 Å². The Labute approximate surface area is 187 Å². The van der Waals surface area contributed by atoms with E-state index in [1.54, 1.807) is 24.3 Å². The first-order valence-corrected chi connectivity index (χ1v) is 10.6. The number of carbonyl (C=O) groups excluding carboxylic acids is 1. The standard InChI is InChI=1S/C23H25ClN6O/c1-16-3-7-19(8-4-16)26-22-25-17(2)15-21(28-22)29-11-13-30(14-12-29)23(31)27-20-9-5-18(24)6-10-20/h3-10,15H,11-14H2,1-2H3,(H,27,31)(H,25,26,28). The molecule has 2 N–H and O–H groups in total. The smallest absolute Gasteiger partial charge is 0.321 e. The summed E-state index contributed by atoms with van der Waals surface area (Å²) < 4.78 is 0. The van der Waals surface area contributed by atoms with Crippen LogP contribution in [-0.4, -0.2) is 47.1 Å². The lowest BCUT2D eigenvalue weighted by atomic mass is 10.2. The first kappa shape index (κ1) is 20.9. The number of amides is 2. The minimum Gasteiger partial charge on any atom is -0.353 e. The third-order valence-corrected chi connectivity index (χ3v) is 5.39. The number of anilines is 4. The topological polar surface area (TPSA) is 73.4 Å². The first-order chi connectivity index (χ1) is 15.0. The van der Waals surface area contributed by atoms with Crippen LogP contribution in [0.1, 0.15) is 11.3 Å². The summed E-state index contributed by atoms with van der Waals surface area (Å²) in [6, 6.07) is 17.1. The highest BCUT2D eigenvalue weighted by atomic mass is 35.5. The van der Waals surface area contributed by atoms with Crippen LogP contribution in [0.4, 0.5) is 27.9 Å². The van der Waals surface area contributed by atoms with Gasteiger partial charge in [0.15, 0.2) is 0 Å². The summed E-state index contributed by atoms with van der Waals surface area (Å²) in [6.07, 6.45) is 0. The monoisotopic (exact) mass is 436 g/mol. The Kier molecular flexibility index (Phi) is 6.23. The van der Waals surface area contributed by atoms with Crippen LogP contribution < -0.4 is 15.5 Å². The first-order valence-electron chi connectivity index (χ1n) is 10.2. The number of benzene rings is 2. The summed E-state index contributed by atoms with van der Waals surface area (Å²) in [6.45, 7) is 6.65. The van der Waals surface area contributed by atoms with Gasteiger partial charge in [-0.2, -0.15) is 4.98 Å². The summed E-state index contributed by atoms with van der Waals surface area (Å²) in [4.78, 5) is 25.8. The normalized spacial score (nSPS) is 13.8. The molecule has 0 aliphatic carbocycles. The molecule has 31 heavy (non-hydrogen) atoms. The van der Waals surface area contributed by atoms with Gasteiger partial charge in [-0.15, -0.1) is 0 Å². The van der Waals surface area contributed by atoms with Crippen molar-refractivity contribution >= 4 is 40.8 Å². The summed E-state index contributed by atoms with van der Waals surface area (Å²) in [5.74, 6) is 1.43. The van der Waals surface area contributed by atoms with Crippen LogP contribution in [-0.2, 0) is 0 Å². The van der Waals surface area contributed by atoms with Gasteiger partial charge in [0, 0.05) is 54.3 Å². The minimum atomic E-state index is -0.109. The van der Waals surface area contributed by atoms with Gasteiger partial charge in [0.2, 0.25) is 5.95 Å². The van der Waals surface area contributed by atoms with Crippen molar-refractivity contribution < 1.29 is 4.79 Å². The Hall–Kier alpha value is -3.32. The molecule has 2 aromatic carbocycles. The third-order valence-electron chi connectivity index (χ3n) is 5.13. The van der Waals surface area contributed by atoms with Gasteiger partial charge in [0.1, 0.15) is 5.82 Å². The molecule has 1 fully saturated rings. The highest BCUT2D eigenvalue weighted by Gasteiger charge is 2.22. The average Bonchev–Trinajstić information content (AvgIpc) is 2.77. The molecule has 2 heterocycles. The van der Waals surface area contributed by atoms with Crippen LogP contribution in [0.25, 0.3) is 0 Å². The zero-order valence-corrected chi connectivity index (χ0v) is 18.4. The Morgan fingerprint density at radius 2 is 1.55 bits per heavy atom. The van der Waals surface area contributed by atoms with E-state index in [4.69, 9.17) is 16.6 Å². The number of rotatable bonds is 4. The second kappa shape index (κ2) is 9.22. The molecule has 0 radical (unpaired) electrons. The maximum absolute atomic E-state index is 12.6. The second-order valence-corrected chi connectivity index (χ2v) is 8.03. The van der Waals surface area contributed by atoms with Gasteiger partial charge in [-0.3, -0.25) is 0 Å². The highest BCUT2D eigenvalue weighted by Crippen LogP contribution is 2.20. The molecule has 160 valence electrons. The Morgan fingerprint density at radius 3 is 2.23 bits per heavy atom. The molecule has 1 aliphatic heterocycles. The molecule has 8 heteroatoms. The number of nitrogens with zero attached hydrogens (tertiary/aromatic N) is 4. The Balaban J connectivity index is 1.37. The maximum Gasteiger partial charge on any atom is 0.321 e. The van der Waals surface area contributed by atoms with Crippen LogP contribution in [0, 0.1) is 13.8 Å². The van der Waals surface area contributed by atoms with Gasteiger partial charge in [-0.25, -0.2) is 9.78 Å². The van der Waals surface area contributed by atoms with E-state index in [9.17, 15) is 4.79 Å². The van der Waals surface area contributed by atoms with Crippen molar-refractivity contribution in [3.8, 4) is 0 Å². The molecule has 0 spiro atoms. The molecular formula is C23H25ClN6O. The molecule has 0 unspecified atom stereocenters. The number of hydrogen-bond donors (Lipinski definition) is 2. The fourth-order valence-corrected chi connectivity index (χ4v) is 3.54. The van der Waals surface area contributed by atoms with Crippen molar-refractivity contribution in [3.05, 3.63) is 70.9 Å². The number of hydrogen-bond acceptors (Lipinski definition) is 5. The molecule has 0 saturated carbocycles.